The summed E-state index contributed by atoms with van der Waals surface area (Å²) in [5, 5.41) is 17.2. The predicted octanol–water partition coefficient (Wildman–Crippen LogP) is 6.29. The molecule has 11 heteroatoms. The van der Waals surface area contributed by atoms with E-state index in [0.29, 0.717) is 59.9 Å². The zero-order valence-corrected chi connectivity index (χ0v) is 28.9. The number of likely N-dealkylation sites (N-methyl/N-ethyl adjacent to an activating group) is 1. The molecule has 47 heavy (non-hydrogen) atoms. The van der Waals surface area contributed by atoms with E-state index < -0.39 is 6.10 Å². The maximum absolute atomic E-state index is 11.5. The summed E-state index contributed by atoms with van der Waals surface area (Å²) in [7, 11) is 5.22. The van der Waals surface area contributed by atoms with Crippen LogP contribution in [0.2, 0.25) is 10.0 Å². The summed E-state index contributed by atoms with van der Waals surface area (Å²) in [6.07, 6.45) is 2.71. The number of carbonyl (C=O) groups is 1. The SMILES string of the molecule is COc1cc(-c2nccc(-c3cccc(-c4ccc(CNC[C@@H]5CCC(=O)N5)c(OC)n4)c3Cl)c2Cl)cc(C)c1CN(C)C[C@@H](C)O. The van der Waals surface area contributed by atoms with E-state index in [-0.39, 0.29) is 11.9 Å². The lowest BCUT2D eigenvalue weighted by Gasteiger charge is -2.22. The zero-order valence-electron chi connectivity index (χ0n) is 27.4. The molecule has 9 nitrogen and oxygen atoms in total. The molecule has 0 aliphatic carbocycles. The van der Waals surface area contributed by atoms with Crippen molar-refractivity contribution in [1.82, 2.24) is 25.5 Å². The van der Waals surface area contributed by atoms with E-state index in [1.807, 2.05) is 56.4 Å². The number of aliphatic hydroxyl groups excluding tert-OH is 1. The molecule has 0 radical (unpaired) electrons. The number of aryl methyl sites for hydroxylation is 1. The molecule has 2 aromatic heterocycles. The highest BCUT2D eigenvalue weighted by Gasteiger charge is 2.22. The van der Waals surface area contributed by atoms with Crippen LogP contribution in [0, 0.1) is 6.92 Å². The van der Waals surface area contributed by atoms with E-state index in [0.717, 1.165) is 51.1 Å². The van der Waals surface area contributed by atoms with Gasteiger partial charge in [0.25, 0.3) is 0 Å². The van der Waals surface area contributed by atoms with Crippen LogP contribution in [0.5, 0.6) is 11.6 Å². The number of benzene rings is 2. The highest BCUT2D eigenvalue weighted by atomic mass is 35.5. The topological polar surface area (TPSA) is 109 Å². The molecule has 1 aliphatic heterocycles. The summed E-state index contributed by atoms with van der Waals surface area (Å²) >= 11 is 14.2. The molecule has 2 aromatic carbocycles. The molecule has 3 N–H and O–H groups in total. The number of amides is 1. The first-order valence-electron chi connectivity index (χ1n) is 15.6. The third-order valence-corrected chi connectivity index (χ3v) is 9.10. The summed E-state index contributed by atoms with van der Waals surface area (Å²) < 4.78 is 11.4. The number of nitrogens with zero attached hydrogens (tertiary/aromatic N) is 3. The van der Waals surface area contributed by atoms with Crippen LogP contribution in [0.4, 0.5) is 0 Å². The molecule has 1 saturated heterocycles. The van der Waals surface area contributed by atoms with Crippen molar-refractivity contribution in [1.29, 1.82) is 0 Å². The van der Waals surface area contributed by atoms with Gasteiger partial charge in [-0.25, -0.2) is 4.98 Å². The number of aromatic nitrogens is 2. The van der Waals surface area contributed by atoms with E-state index in [1.54, 1.807) is 27.3 Å². The highest BCUT2D eigenvalue weighted by molar-refractivity contribution is 6.39. The highest BCUT2D eigenvalue weighted by Crippen LogP contribution is 2.42. The lowest BCUT2D eigenvalue weighted by Crippen LogP contribution is -2.35. The van der Waals surface area contributed by atoms with Crippen LogP contribution < -0.4 is 20.1 Å². The fourth-order valence-electron chi connectivity index (χ4n) is 6.02. The van der Waals surface area contributed by atoms with Gasteiger partial charge in [-0.3, -0.25) is 14.7 Å². The van der Waals surface area contributed by atoms with Crippen LogP contribution in [-0.4, -0.2) is 72.4 Å². The Hall–Kier alpha value is -3.73. The van der Waals surface area contributed by atoms with E-state index in [2.05, 4.69) is 26.6 Å². The Balaban J connectivity index is 1.42. The van der Waals surface area contributed by atoms with Gasteiger partial charge in [0.1, 0.15) is 5.75 Å². The van der Waals surface area contributed by atoms with E-state index in [9.17, 15) is 9.90 Å². The van der Waals surface area contributed by atoms with Gasteiger partial charge in [-0.1, -0.05) is 47.5 Å². The van der Waals surface area contributed by atoms with Crippen LogP contribution in [0.15, 0.2) is 54.7 Å². The number of aliphatic hydroxyl groups is 1. The molecular weight excluding hydrogens is 637 g/mol. The van der Waals surface area contributed by atoms with Gasteiger partial charge in [0.05, 0.1) is 41.8 Å². The lowest BCUT2D eigenvalue weighted by atomic mass is 9.97. The normalized spacial score (nSPS) is 15.2. The Kier molecular flexibility index (Phi) is 11.4. The van der Waals surface area contributed by atoms with Crippen molar-refractivity contribution >= 4 is 29.1 Å². The molecule has 3 heterocycles. The quantitative estimate of drug-likeness (QED) is 0.152. The van der Waals surface area contributed by atoms with Crippen molar-refractivity contribution < 1.29 is 19.4 Å². The predicted molar refractivity (Wildman–Crippen MR) is 187 cm³/mol. The Morgan fingerprint density at radius 2 is 1.85 bits per heavy atom. The summed E-state index contributed by atoms with van der Waals surface area (Å²) in [6.45, 7) is 6.21. The Morgan fingerprint density at radius 1 is 1.09 bits per heavy atom. The average molecular weight is 679 g/mol. The number of nitrogens with one attached hydrogen (secondary N) is 2. The van der Waals surface area contributed by atoms with E-state index in [1.165, 1.54) is 0 Å². The number of pyridine rings is 2. The van der Waals surface area contributed by atoms with Gasteiger partial charge in [0, 0.05) is 78.2 Å². The summed E-state index contributed by atoms with van der Waals surface area (Å²) in [5.41, 5.74) is 7.32. The third kappa shape index (κ3) is 8.05. The van der Waals surface area contributed by atoms with Crippen LogP contribution in [0.25, 0.3) is 33.6 Å². The van der Waals surface area contributed by atoms with E-state index >= 15 is 0 Å². The second kappa shape index (κ2) is 15.4. The number of halogens is 2. The molecule has 1 amide bonds. The molecule has 5 rings (SSSR count). The van der Waals surface area contributed by atoms with Crippen LogP contribution in [-0.2, 0) is 17.9 Å². The number of ether oxygens (including phenoxy) is 2. The molecule has 4 aromatic rings. The maximum atomic E-state index is 11.5. The molecular formula is C36H41Cl2N5O4. The van der Waals surface area contributed by atoms with Crippen molar-refractivity contribution in [3.63, 3.8) is 0 Å². The largest absolute Gasteiger partial charge is 0.496 e. The minimum atomic E-state index is -0.431. The molecule has 248 valence electrons. The van der Waals surface area contributed by atoms with E-state index in [4.69, 9.17) is 37.7 Å². The average Bonchev–Trinajstić information content (AvgIpc) is 3.46. The number of carbonyl (C=O) groups excluding carboxylic acids is 1. The fraction of sp³-hybridized carbons (Fsp3) is 0.361. The molecule has 0 bridgehead atoms. The van der Waals surface area contributed by atoms with Gasteiger partial charge < -0.3 is 25.2 Å². The van der Waals surface area contributed by atoms with Crippen LogP contribution in [0.1, 0.15) is 36.5 Å². The Morgan fingerprint density at radius 3 is 2.55 bits per heavy atom. The Bertz CT molecular complexity index is 1750. The number of hydrogen-bond donors (Lipinski definition) is 3. The van der Waals surface area contributed by atoms with Crippen molar-refractivity contribution in [2.24, 2.45) is 0 Å². The summed E-state index contributed by atoms with van der Waals surface area (Å²) in [5.74, 6) is 1.33. The van der Waals surface area contributed by atoms with Crippen LogP contribution >= 0.6 is 23.2 Å². The second-order valence-electron chi connectivity index (χ2n) is 12.0. The zero-order chi connectivity index (χ0) is 33.7. The Labute approximate surface area is 286 Å². The number of hydrogen-bond acceptors (Lipinski definition) is 8. The third-order valence-electron chi connectivity index (χ3n) is 8.31. The second-order valence-corrected chi connectivity index (χ2v) is 12.8. The molecule has 1 aliphatic rings. The molecule has 0 unspecified atom stereocenters. The standard InChI is InChI=1S/C36H41Cl2N5O4/c1-21-15-24(16-31(46-4)29(21)20-43(3)19-22(2)44)35-34(38)27(13-14-40-35)26-7-6-8-28(33(26)37)30-11-9-23(36(42-30)47-5)17-39-18-25-10-12-32(45)41-25/h6-9,11,13-16,22,25,39,44H,10,12,17-20H2,1-5H3,(H,41,45)/t22-,25+/m1/s1. The van der Waals surface area contributed by atoms with Crippen molar-refractivity contribution in [3.8, 4) is 45.3 Å². The molecule has 1 fully saturated rings. The summed E-state index contributed by atoms with van der Waals surface area (Å²) in [4.78, 5) is 23.0. The minimum Gasteiger partial charge on any atom is -0.496 e. The smallest absolute Gasteiger partial charge is 0.220 e. The lowest BCUT2D eigenvalue weighted by molar-refractivity contribution is -0.119. The maximum Gasteiger partial charge on any atom is 0.220 e. The van der Waals surface area contributed by atoms with Gasteiger partial charge in [0.15, 0.2) is 0 Å². The van der Waals surface area contributed by atoms with Crippen molar-refractivity contribution in [3.05, 3.63) is 81.5 Å². The van der Waals surface area contributed by atoms with Crippen LogP contribution in [0.3, 0.4) is 0 Å². The first-order chi connectivity index (χ1) is 22.6. The number of rotatable bonds is 13. The molecule has 2 atom stereocenters. The molecule has 0 spiro atoms. The summed E-state index contributed by atoms with van der Waals surface area (Å²) in [6, 6.07) is 15.7. The fourth-order valence-corrected chi connectivity index (χ4v) is 6.67. The van der Waals surface area contributed by atoms with Gasteiger partial charge in [-0.2, -0.15) is 0 Å². The van der Waals surface area contributed by atoms with Crippen molar-refractivity contribution in [2.45, 2.75) is 51.9 Å². The number of methoxy groups -OCH3 is 2. The van der Waals surface area contributed by atoms with Gasteiger partial charge in [0.2, 0.25) is 11.8 Å². The molecule has 0 saturated carbocycles. The monoisotopic (exact) mass is 677 g/mol. The first-order valence-corrected chi connectivity index (χ1v) is 16.4. The van der Waals surface area contributed by atoms with Crippen molar-refractivity contribution in [2.75, 3.05) is 34.4 Å². The van der Waals surface area contributed by atoms with Gasteiger partial charge in [-0.05, 0) is 57.1 Å². The first kappa shape index (κ1) is 34.6. The van der Waals surface area contributed by atoms with Gasteiger partial charge >= 0.3 is 0 Å². The van der Waals surface area contributed by atoms with Gasteiger partial charge in [-0.15, -0.1) is 0 Å². The minimum absolute atomic E-state index is 0.0990.